The number of carbonyl (C=O) groups is 1. The first-order chi connectivity index (χ1) is 12.7. The molecule has 2 N–H and O–H groups in total. The molecule has 0 saturated heterocycles. The molecule has 0 aliphatic carbocycles. The lowest BCUT2D eigenvalue weighted by Gasteiger charge is -2.12. The second-order valence-corrected chi connectivity index (χ2v) is 6.70. The highest BCUT2D eigenvalue weighted by molar-refractivity contribution is 7.17. The fourth-order valence-electron chi connectivity index (χ4n) is 2.69. The van der Waals surface area contributed by atoms with Gasteiger partial charge in [0.05, 0.1) is 5.56 Å². The molecule has 26 heavy (non-hydrogen) atoms. The van der Waals surface area contributed by atoms with E-state index in [0.717, 1.165) is 21.3 Å². The second-order valence-electron chi connectivity index (χ2n) is 5.79. The topological polar surface area (TPSA) is 66.9 Å². The van der Waals surface area contributed by atoms with Crippen LogP contribution in [-0.2, 0) is 0 Å². The summed E-state index contributed by atoms with van der Waals surface area (Å²) in [4.78, 5) is 21.4. The Morgan fingerprint density at radius 3 is 2.54 bits per heavy atom. The summed E-state index contributed by atoms with van der Waals surface area (Å²) in [6, 6.07) is 15.7. The Bertz CT molecular complexity index is 1090. The van der Waals surface area contributed by atoms with Crippen molar-refractivity contribution < 1.29 is 4.79 Å². The fourth-order valence-corrected chi connectivity index (χ4v) is 3.63. The van der Waals surface area contributed by atoms with E-state index < -0.39 is 0 Å². The maximum atomic E-state index is 12.8. The van der Waals surface area contributed by atoms with Crippen molar-refractivity contribution in [3.8, 4) is 0 Å². The zero-order valence-electron chi connectivity index (χ0n) is 14.1. The average molecular weight is 360 g/mol. The quantitative estimate of drug-likeness (QED) is 0.538. The number of aryl methyl sites for hydroxylation is 1. The molecule has 0 aliphatic heterocycles. The van der Waals surface area contributed by atoms with Gasteiger partial charge in [0.1, 0.15) is 0 Å². The molecule has 0 bridgehead atoms. The summed E-state index contributed by atoms with van der Waals surface area (Å²) in [5.74, 6) is 0.710. The molecule has 0 spiro atoms. The minimum atomic E-state index is -0.198. The van der Waals surface area contributed by atoms with Crippen LogP contribution in [0.2, 0.25) is 0 Å². The van der Waals surface area contributed by atoms with Crippen LogP contribution in [0.4, 0.5) is 17.3 Å². The Morgan fingerprint density at radius 1 is 0.962 bits per heavy atom. The van der Waals surface area contributed by atoms with Crippen molar-refractivity contribution in [1.82, 2.24) is 9.97 Å². The smallest absolute Gasteiger partial charge is 0.258 e. The molecule has 4 aromatic rings. The number of amides is 1. The predicted octanol–water partition coefficient (Wildman–Crippen LogP) is 5.00. The molecule has 2 aromatic carbocycles. The maximum Gasteiger partial charge on any atom is 0.258 e. The van der Waals surface area contributed by atoms with E-state index in [1.54, 1.807) is 23.7 Å². The fraction of sp³-hybridized carbons (Fsp3) is 0.0500. The molecule has 4 rings (SSSR count). The monoisotopic (exact) mass is 360 g/mol. The standard InChI is InChI=1S/C20H16N4OS/c1-13-6-2-4-8-16(13)23-18-19(22-11-10-21-18)24-20(25)15-12-26-17-9-5-3-7-14(15)17/h2-12H,1H3,(H,21,23)(H,22,24,25). The number of nitrogens with zero attached hydrogens (tertiary/aromatic N) is 2. The number of nitrogens with one attached hydrogen (secondary N) is 2. The molecule has 1 amide bonds. The molecule has 0 atom stereocenters. The van der Waals surface area contributed by atoms with Crippen LogP contribution in [0, 0.1) is 6.92 Å². The lowest BCUT2D eigenvalue weighted by Crippen LogP contribution is -2.14. The van der Waals surface area contributed by atoms with Crippen LogP contribution in [0.3, 0.4) is 0 Å². The highest BCUT2D eigenvalue weighted by Gasteiger charge is 2.15. The van der Waals surface area contributed by atoms with E-state index in [9.17, 15) is 4.79 Å². The number of hydrogen-bond donors (Lipinski definition) is 2. The highest BCUT2D eigenvalue weighted by atomic mass is 32.1. The van der Waals surface area contributed by atoms with E-state index in [-0.39, 0.29) is 5.91 Å². The first-order valence-corrected chi connectivity index (χ1v) is 9.01. The summed E-state index contributed by atoms with van der Waals surface area (Å²) in [5.41, 5.74) is 2.64. The molecule has 6 heteroatoms. The Kier molecular flexibility index (Phi) is 4.33. The third-order valence-electron chi connectivity index (χ3n) is 4.05. The molecule has 128 valence electrons. The lowest BCUT2D eigenvalue weighted by molar-refractivity contribution is 0.102. The van der Waals surface area contributed by atoms with Gasteiger partial charge in [-0.3, -0.25) is 4.79 Å². The van der Waals surface area contributed by atoms with Gasteiger partial charge in [0.25, 0.3) is 5.91 Å². The number of thiophene rings is 1. The summed E-state index contributed by atoms with van der Waals surface area (Å²) in [5, 5.41) is 8.92. The van der Waals surface area contributed by atoms with Gasteiger partial charge < -0.3 is 10.6 Å². The summed E-state index contributed by atoms with van der Waals surface area (Å²) < 4.78 is 1.08. The van der Waals surface area contributed by atoms with Gasteiger partial charge in [-0.1, -0.05) is 36.4 Å². The van der Waals surface area contributed by atoms with E-state index in [1.807, 2.05) is 60.8 Å². The molecule has 2 aromatic heterocycles. The third kappa shape index (κ3) is 3.14. The number of anilines is 3. The van der Waals surface area contributed by atoms with E-state index >= 15 is 0 Å². The van der Waals surface area contributed by atoms with Gasteiger partial charge in [0.15, 0.2) is 11.6 Å². The molecule has 0 fully saturated rings. The molecular weight excluding hydrogens is 344 g/mol. The van der Waals surface area contributed by atoms with Gasteiger partial charge in [-0.15, -0.1) is 11.3 Å². The third-order valence-corrected chi connectivity index (χ3v) is 5.02. The number of fused-ring (bicyclic) bond motifs is 1. The highest BCUT2D eigenvalue weighted by Crippen LogP contribution is 2.28. The van der Waals surface area contributed by atoms with Gasteiger partial charge in [0, 0.05) is 33.5 Å². The van der Waals surface area contributed by atoms with Crippen LogP contribution in [0.25, 0.3) is 10.1 Å². The number of rotatable bonds is 4. The molecule has 0 saturated carbocycles. The summed E-state index contributed by atoms with van der Waals surface area (Å²) in [6.45, 7) is 2.01. The van der Waals surface area contributed by atoms with Crippen LogP contribution in [0.5, 0.6) is 0 Å². The van der Waals surface area contributed by atoms with Gasteiger partial charge in [0.2, 0.25) is 0 Å². The normalized spacial score (nSPS) is 10.7. The predicted molar refractivity (Wildman–Crippen MR) is 106 cm³/mol. The molecule has 0 aliphatic rings. The minimum Gasteiger partial charge on any atom is -0.337 e. The Morgan fingerprint density at radius 2 is 1.69 bits per heavy atom. The SMILES string of the molecule is Cc1ccccc1Nc1nccnc1NC(=O)c1csc2ccccc12. The molecule has 0 radical (unpaired) electrons. The van der Waals surface area contributed by atoms with Crippen molar-refractivity contribution in [3.63, 3.8) is 0 Å². The van der Waals surface area contributed by atoms with Gasteiger partial charge in [-0.05, 0) is 24.6 Å². The zero-order chi connectivity index (χ0) is 17.9. The van der Waals surface area contributed by atoms with E-state index in [4.69, 9.17) is 0 Å². The van der Waals surface area contributed by atoms with E-state index in [2.05, 4.69) is 20.6 Å². The van der Waals surface area contributed by atoms with Crippen LogP contribution in [-0.4, -0.2) is 15.9 Å². The van der Waals surface area contributed by atoms with Crippen LogP contribution >= 0.6 is 11.3 Å². The number of para-hydroxylation sites is 1. The van der Waals surface area contributed by atoms with Crippen LogP contribution < -0.4 is 10.6 Å². The van der Waals surface area contributed by atoms with Crippen molar-refractivity contribution >= 4 is 44.7 Å². The van der Waals surface area contributed by atoms with Crippen LogP contribution in [0.1, 0.15) is 15.9 Å². The summed E-state index contributed by atoms with van der Waals surface area (Å²) in [6.07, 6.45) is 3.15. The van der Waals surface area contributed by atoms with Crippen molar-refractivity contribution in [2.24, 2.45) is 0 Å². The van der Waals surface area contributed by atoms with Crippen molar-refractivity contribution in [2.75, 3.05) is 10.6 Å². The first-order valence-electron chi connectivity index (χ1n) is 8.13. The Labute approximate surface area is 154 Å². The number of benzene rings is 2. The largest absolute Gasteiger partial charge is 0.337 e. The molecule has 2 heterocycles. The molecule has 0 unspecified atom stereocenters. The van der Waals surface area contributed by atoms with E-state index in [0.29, 0.717) is 17.2 Å². The van der Waals surface area contributed by atoms with Gasteiger partial charge in [-0.2, -0.15) is 0 Å². The second kappa shape index (κ2) is 6.93. The van der Waals surface area contributed by atoms with E-state index in [1.165, 1.54) is 0 Å². The average Bonchev–Trinajstić information content (AvgIpc) is 3.09. The first kappa shape index (κ1) is 16.2. The summed E-state index contributed by atoms with van der Waals surface area (Å²) in [7, 11) is 0. The van der Waals surface area contributed by atoms with Crippen molar-refractivity contribution in [3.05, 3.63) is 77.4 Å². The molecular formula is C20H16N4OS. The minimum absolute atomic E-state index is 0.198. The number of aromatic nitrogens is 2. The van der Waals surface area contributed by atoms with Crippen molar-refractivity contribution in [2.45, 2.75) is 6.92 Å². The van der Waals surface area contributed by atoms with Crippen LogP contribution in [0.15, 0.2) is 66.3 Å². The number of carbonyl (C=O) groups excluding carboxylic acids is 1. The van der Waals surface area contributed by atoms with Crippen molar-refractivity contribution in [1.29, 1.82) is 0 Å². The Hall–Kier alpha value is -3.25. The maximum absolute atomic E-state index is 12.8. The zero-order valence-corrected chi connectivity index (χ0v) is 14.9. The summed E-state index contributed by atoms with van der Waals surface area (Å²) >= 11 is 1.55. The number of hydrogen-bond acceptors (Lipinski definition) is 5. The van der Waals surface area contributed by atoms with Gasteiger partial charge >= 0.3 is 0 Å². The van der Waals surface area contributed by atoms with Gasteiger partial charge in [-0.25, -0.2) is 9.97 Å². The lowest BCUT2D eigenvalue weighted by atomic mass is 10.1. The Balaban J connectivity index is 1.63. The molecule has 5 nitrogen and oxygen atoms in total.